The molecule has 4 aromatic rings. The molecule has 1 aliphatic heterocycles. The van der Waals surface area contributed by atoms with E-state index in [1.54, 1.807) is 22.8 Å². The molecule has 1 amide bonds. The Hall–Kier alpha value is -4.09. The van der Waals surface area contributed by atoms with Crippen molar-refractivity contribution in [1.29, 1.82) is 0 Å². The molecule has 9 nitrogen and oxygen atoms in total. The molecule has 11 heteroatoms. The number of rotatable bonds is 9. The lowest BCUT2D eigenvalue weighted by atomic mass is 10.0. The normalized spacial score (nSPS) is 15.8. The summed E-state index contributed by atoms with van der Waals surface area (Å²) in [6.07, 6.45) is 3.73. The largest absolute Gasteiger partial charge is 0.434 e. The number of nitrogens with one attached hydrogen (secondary N) is 2. The van der Waals surface area contributed by atoms with Gasteiger partial charge in [0.05, 0.1) is 30.8 Å². The van der Waals surface area contributed by atoms with Crippen molar-refractivity contribution in [3.63, 3.8) is 0 Å². The van der Waals surface area contributed by atoms with Crippen molar-refractivity contribution in [2.24, 2.45) is 0 Å². The molecule has 1 saturated carbocycles. The number of benzene rings is 2. The molecule has 0 atom stereocenters. The van der Waals surface area contributed by atoms with Gasteiger partial charge < -0.3 is 20.1 Å². The first kappa shape index (κ1) is 26.1. The second kappa shape index (κ2) is 11.2. The third-order valence-electron chi connectivity index (χ3n) is 7.10. The number of aromatic nitrogens is 3. The van der Waals surface area contributed by atoms with Crippen LogP contribution >= 0.6 is 0 Å². The molecule has 2 aliphatic rings. The number of hydrogen-bond acceptors (Lipinski definition) is 7. The van der Waals surface area contributed by atoms with Gasteiger partial charge in [0, 0.05) is 49.4 Å². The fraction of sp³-hybridized carbons (Fsp3) is 0.345. The van der Waals surface area contributed by atoms with Crippen LogP contribution in [-0.2, 0) is 4.74 Å². The van der Waals surface area contributed by atoms with Crippen molar-refractivity contribution in [1.82, 2.24) is 24.8 Å². The number of morpholine rings is 1. The summed E-state index contributed by atoms with van der Waals surface area (Å²) in [7, 11) is 0. The maximum absolute atomic E-state index is 14.4. The summed E-state index contributed by atoms with van der Waals surface area (Å²) in [5.41, 5.74) is 4.09. The Kier molecular flexibility index (Phi) is 7.31. The first-order valence-corrected chi connectivity index (χ1v) is 13.4. The highest BCUT2D eigenvalue weighted by Gasteiger charge is 2.25. The Balaban J connectivity index is 1.33. The molecule has 2 aromatic carbocycles. The monoisotopic (exact) mass is 548 g/mol. The van der Waals surface area contributed by atoms with Gasteiger partial charge in [-0.15, -0.1) is 5.10 Å². The minimum atomic E-state index is -1.09. The molecule has 3 heterocycles. The SMILES string of the molecule is Cc1cc(-c2cnc3c(NCCN4CCOCC4)cc(Oc4cccc(F)c4F)nn23)ccc1C(=O)NC1CC1. The molecule has 0 spiro atoms. The van der Waals surface area contributed by atoms with Gasteiger partial charge in [-0.2, -0.15) is 4.39 Å². The Labute approximate surface area is 230 Å². The molecule has 2 N–H and O–H groups in total. The Morgan fingerprint density at radius 2 is 1.98 bits per heavy atom. The summed E-state index contributed by atoms with van der Waals surface area (Å²) in [5.74, 6) is -2.38. The Morgan fingerprint density at radius 3 is 2.75 bits per heavy atom. The standard InChI is InChI=1S/C29H30F2N6O3/c1-18-15-19(5-8-21(18)29(38)34-20-6-7-20)24-17-33-28-23(32-9-10-36-11-13-39-14-12-36)16-26(35-37(24)28)40-25-4-2-3-22(30)27(25)31/h2-5,8,15-17,20,32H,6-7,9-14H2,1H3,(H,34,38). The first-order valence-electron chi connectivity index (χ1n) is 13.4. The number of amides is 1. The smallest absolute Gasteiger partial charge is 0.251 e. The van der Waals surface area contributed by atoms with Crippen LogP contribution in [0.15, 0.2) is 48.7 Å². The third-order valence-corrected chi connectivity index (χ3v) is 7.10. The maximum atomic E-state index is 14.4. The van der Waals surface area contributed by atoms with Crippen LogP contribution in [0.5, 0.6) is 11.6 Å². The average molecular weight is 549 g/mol. The molecule has 40 heavy (non-hydrogen) atoms. The van der Waals surface area contributed by atoms with Gasteiger partial charge in [0.2, 0.25) is 11.7 Å². The van der Waals surface area contributed by atoms with Gasteiger partial charge >= 0.3 is 0 Å². The number of nitrogens with zero attached hydrogens (tertiary/aromatic N) is 4. The highest BCUT2D eigenvalue weighted by Crippen LogP contribution is 2.31. The van der Waals surface area contributed by atoms with Gasteiger partial charge in [0.1, 0.15) is 0 Å². The molecule has 1 aliphatic carbocycles. The van der Waals surface area contributed by atoms with E-state index in [9.17, 15) is 13.6 Å². The number of fused-ring (bicyclic) bond motifs is 1. The predicted molar refractivity (Wildman–Crippen MR) is 146 cm³/mol. The van der Waals surface area contributed by atoms with Crippen LogP contribution in [0.2, 0.25) is 0 Å². The van der Waals surface area contributed by atoms with Crippen LogP contribution in [0.3, 0.4) is 0 Å². The number of anilines is 1. The Morgan fingerprint density at radius 1 is 1.15 bits per heavy atom. The van der Waals surface area contributed by atoms with Crippen molar-refractivity contribution >= 4 is 17.2 Å². The number of imidazole rings is 1. The summed E-state index contributed by atoms with van der Waals surface area (Å²) in [6.45, 7) is 6.46. The lowest BCUT2D eigenvalue weighted by Gasteiger charge is -2.26. The van der Waals surface area contributed by atoms with E-state index in [1.165, 1.54) is 12.1 Å². The molecule has 0 bridgehead atoms. The zero-order valence-electron chi connectivity index (χ0n) is 22.1. The second-order valence-corrected chi connectivity index (χ2v) is 10.1. The van der Waals surface area contributed by atoms with Crippen molar-refractivity contribution in [2.75, 3.05) is 44.7 Å². The first-order chi connectivity index (χ1) is 19.5. The van der Waals surface area contributed by atoms with Gasteiger partial charge in [-0.05, 0) is 49.6 Å². The fourth-order valence-corrected chi connectivity index (χ4v) is 4.74. The Bertz CT molecular complexity index is 1550. The highest BCUT2D eigenvalue weighted by atomic mass is 19.2. The van der Waals surface area contributed by atoms with E-state index >= 15 is 0 Å². The number of hydrogen-bond donors (Lipinski definition) is 2. The van der Waals surface area contributed by atoms with Crippen molar-refractivity contribution in [2.45, 2.75) is 25.8 Å². The van der Waals surface area contributed by atoms with E-state index in [4.69, 9.17) is 9.47 Å². The molecule has 208 valence electrons. The van der Waals surface area contributed by atoms with Crippen LogP contribution in [0.4, 0.5) is 14.5 Å². The molecular weight excluding hydrogens is 518 g/mol. The van der Waals surface area contributed by atoms with Gasteiger partial charge in [-0.1, -0.05) is 12.1 Å². The number of carbonyl (C=O) groups is 1. The van der Waals surface area contributed by atoms with Crippen LogP contribution in [0, 0.1) is 18.6 Å². The zero-order chi connectivity index (χ0) is 27.6. The number of ether oxygens (including phenoxy) is 2. The molecule has 2 fully saturated rings. The minimum absolute atomic E-state index is 0.0716. The average Bonchev–Trinajstić information content (AvgIpc) is 3.66. The van der Waals surface area contributed by atoms with Crippen molar-refractivity contribution in [3.8, 4) is 22.9 Å². The molecule has 1 saturated heterocycles. The summed E-state index contributed by atoms with van der Waals surface area (Å²) in [4.78, 5) is 19.5. The zero-order valence-corrected chi connectivity index (χ0v) is 22.1. The van der Waals surface area contributed by atoms with Crippen LogP contribution in [0.1, 0.15) is 28.8 Å². The van der Waals surface area contributed by atoms with Crippen molar-refractivity contribution < 1.29 is 23.0 Å². The third kappa shape index (κ3) is 5.61. The number of aryl methyl sites for hydroxylation is 1. The van der Waals surface area contributed by atoms with E-state index in [0.717, 1.165) is 49.7 Å². The van der Waals surface area contributed by atoms with E-state index in [1.807, 2.05) is 19.1 Å². The lowest BCUT2D eigenvalue weighted by molar-refractivity contribution is 0.0398. The molecule has 2 aromatic heterocycles. The van der Waals surface area contributed by atoms with E-state index in [-0.39, 0.29) is 23.6 Å². The summed E-state index contributed by atoms with van der Waals surface area (Å²) < 4.78 is 41.0. The quantitative estimate of drug-likeness (QED) is 0.320. The second-order valence-electron chi connectivity index (χ2n) is 10.1. The van der Waals surface area contributed by atoms with Crippen LogP contribution in [-0.4, -0.2) is 70.8 Å². The summed E-state index contributed by atoms with van der Waals surface area (Å²) >= 11 is 0. The topological polar surface area (TPSA) is 93.0 Å². The van der Waals surface area contributed by atoms with Gasteiger partial charge in [0.15, 0.2) is 17.2 Å². The highest BCUT2D eigenvalue weighted by molar-refractivity contribution is 5.96. The molecule has 0 unspecified atom stereocenters. The van der Waals surface area contributed by atoms with Crippen LogP contribution in [0.25, 0.3) is 16.9 Å². The fourth-order valence-electron chi connectivity index (χ4n) is 4.74. The number of carbonyl (C=O) groups excluding carboxylic acids is 1. The minimum Gasteiger partial charge on any atom is -0.434 e. The van der Waals surface area contributed by atoms with Gasteiger partial charge in [-0.25, -0.2) is 13.9 Å². The van der Waals surface area contributed by atoms with E-state index in [2.05, 4.69) is 25.6 Å². The summed E-state index contributed by atoms with van der Waals surface area (Å²) in [5, 5.41) is 11.0. The summed E-state index contributed by atoms with van der Waals surface area (Å²) in [6, 6.07) is 11.2. The van der Waals surface area contributed by atoms with E-state index < -0.39 is 11.6 Å². The van der Waals surface area contributed by atoms with E-state index in [0.29, 0.717) is 42.4 Å². The van der Waals surface area contributed by atoms with Crippen molar-refractivity contribution in [3.05, 3.63) is 71.4 Å². The van der Waals surface area contributed by atoms with Gasteiger partial charge in [-0.3, -0.25) is 9.69 Å². The maximum Gasteiger partial charge on any atom is 0.251 e. The molecule has 0 radical (unpaired) electrons. The lowest BCUT2D eigenvalue weighted by Crippen LogP contribution is -2.39. The number of halogens is 2. The van der Waals surface area contributed by atoms with Crippen LogP contribution < -0.4 is 15.4 Å². The molecular formula is C29H30F2N6O3. The molecule has 6 rings (SSSR count). The van der Waals surface area contributed by atoms with Gasteiger partial charge in [0.25, 0.3) is 5.91 Å². The predicted octanol–water partition coefficient (Wildman–Crippen LogP) is 4.41.